The number of carbonyl (C=O) groups is 2. The van der Waals surface area contributed by atoms with Crippen LogP contribution in [-0.4, -0.2) is 29.4 Å². The molecular formula is C17H24Cl2N4O3S. The number of hydrogen-bond donors (Lipinski definition) is 3. The molecule has 0 bridgehead atoms. The topological polar surface area (TPSA) is 106 Å². The van der Waals surface area contributed by atoms with E-state index < -0.39 is 6.04 Å². The van der Waals surface area contributed by atoms with Gasteiger partial charge >= 0.3 is 0 Å². The summed E-state index contributed by atoms with van der Waals surface area (Å²) in [5.41, 5.74) is 8.83. The van der Waals surface area contributed by atoms with Crippen LogP contribution < -0.4 is 21.1 Å². The van der Waals surface area contributed by atoms with Crippen molar-refractivity contribution in [1.29, 1.82) is 0 Å². The van der Waals surface area contributed by atoms with Crippen LogP contribution in [0.5, 0.6) is 5.75 Å². The monoisotopic (exact) mass is 434 g/mol. The van der Waals surface area contributed by atoms with E-state index in [1.54, 1.807) is 23.7 Å². The predicted molar refractivity (Wildman–Crippen MR) is 112 cm³/mol. The van der Waals surface area contributed by atoms with E-state index in [2.05, 4.69) is 15.6 Å². The molecule has 0 aliphatic carbocycles. The zero-order chi connectivity index (χ0) is 18.2. The van der Waals surface area contributed by atoms with Crippen LogP contribution in [0.1, 0.15) is 19.5 Å². The van der Waals surface area contributed by atoms with E-state index in [9.17, 15) is 9.59 Å². The third kappa shape index (κ3) is 8.13. The fraction of sp³-hybridized carbons (Fsp3) is 0.353. The highest BCUT2D eigenvalue weighted by atomic mass is 35.5. The summed E-state index contributed by atoms with van der Waals surface area (Å²) in [5, 5.41) is 7.16. The second kappa shape index (κ2) is 12.5. The van der Waals surface area contributed by atoms with E-state index in [1.807, 2.05) is 25.3 Å². The first-order valence-corrected chi connectivity index (χ1v) is 8.83. The second-order valence-corrected chi connectivity index (χ2v) is 6.52. The number of thiazole rings is 1. The van der Waals surface area contributed by atoms with Crippen molar-refractivity contribution in [2.75, 3.05) is 11.9 Å². The van der Waals surface area contributed by atoms with Crippen molar-refractivity contribution in [3.63, 3.8) is 0 Å². The highest BCUT2D eigenvalue weighted by molar-refractivity contribution is 7.07. The van der Waals surface area contributed by atoms with Gasteiger partial charge in [-0.15, -0.1) is 36.2 Å². The van der Waals surface area contributed by atoms with Gasteiger partial charge in [0.2, 0.25) is 11.8 Å². The zero-order valence-electron chi connectivity index (χ0n) is 15.0. The number of aromatic nitrogens is 1. The highest BCUT2D eigenvalue weighted by Gasteiger charge is 2.18. The average molecular weight is 435 g/mol. The number of anilines is 1. The van der Waals surface area contributed by atoms with Gasteiger partial charge in [0.05, 0.1) is 29.5 Å². The van der Waals surface area contributed by atoms with Crippen LogP contribution in [0, 0.1) is 5.92 Å². The Balaban J connectivity index is 0.00000338. The van der Waals surface area contributed by atoms with Gasteiger partial charge in [0.25, 0.3) is 0 Å². The molecule has 0 radical (unpaired) electrons. The number of hydrogen-bond acceptors (Lipinski definition) is 6. The van der Waals surface area contributed by atoms with Crippen LogP contribution in [0.15, 0.2) is 35.2 Å². The molecule has 2 amide bonds. The molecule has 150 valence electrons. The molecule has 0 unspecified atom stereocenters. The van der Waals surface area contributed by atoms with E-state index in [0.29, 0.717) is 18.0 Å². The van der Waals surface area contributed by atoms with Crippen molar-refractivity contribution in [1.82, 2.24) is 10.3 Å². The molecule has 7 nitrogen and oxygen atoms in total. The Morgan fingerprint density at radius 1 is 1.26 bits per heavy atom. The maximum absolute atomic E-state index is 12.1. The average Bonchev–Trinajstić information content (AvgIpc) is 3.11. The molecule has 1 atom stereocenters. The fourth-order valence-electron chi connectivity index (χ4n) is 1.94. The first-order valence-electron chi connectivity index (χ1n) is 7.89. The summed E-state index contributed by atoms with van der Waals surface area (Å²) in [6.45, 7) is 3.86. The van der Waals surface area contributed by atoms with Gasteiger partial charge in [-0.3, -0.25) is 9.59 Å². The molecule has 0 aliphatic heterocycles. The van der Waals surface area contributed by atoms with Crippen molar-refractivity contribution in [2.24, 2.45) is 11.7 Å². The largest absolute Gasteiger partial charge is 0.485 e. The number of nitrogens with one attached hydrogen (secondary N) is 2. The SMILES string of the molecule is CC(C)[C@H](N)C(=O)NCC(=O)Nc1ccccc1OCc1cscn1.Cl.Cl. The molecule has 1 heterocycles. The third-order valence-electron chi connectivity index (χ3n) is 3.46. The quantitative estimate of drug-likeness (QED) is 0.591. The maximum atomic E-state index is 12.1. The van der Waals surface area contributed by atoms with Gasteiger partial charge in [0.15, 0.2) is 0 Å². The maximum Gasteiger partial charge on any atom is 0.243 e. The van der Waals surface area contributed by atoms with Crippen molar-refractivity contribution < 1.29 is 14.3 Å². The van der Waals surface area contributed by atoms with Crippen LogP contribution in [0.4, 0.5) is 5.69 Å². The summed E-state index contributed by atoms with van der Waals surface area (Å²) in [6.07, 6.45) is 0. The van der Waals surface area contributed by atoms with Crippen LogP contribution in [0.2, 0.25) is 0 Å². The van der Waals surface area contributed by atoms with Gasteiger partial charge in [0, 0.05) is 5.38 Å². The summed E-state index contributed by atoms with van der Waals surface area (Å²) in [4.78, 5) is 28.0. The Morgan fingerprint density at radius 3 is 2.59 bits per heavy atom. The van der Waals surface area contributed by atoms with Crippen molar-refractivity contribution >= 4 is 53.7 Å². The van der Waals surface area contributed by atoms with E-state index in [0.717, 1.165) is 5.69 Å². The van der Waals surface area contributed by atoms with Gasteiger partial charge < -0.3 is 21.1 Å². The molecule has 0 spiro atoms. The van der Waals surface area contributed by atoms with Crippen molar-refractivity contribution in [2.45, 2.75) is 26.5 Å². The van der Waals surface area contributed by atoms with Crippen molar-refractivity contribution in [3.05, 3.63) is 40.8 Å². The number of benzene rings is 1. The lowest BCUT2D eigenvalue weighted by Crippen LogP contribution is -2.46. The van der Waals surface area contributed by atoms with Crippen LogP contribution in [0.3, 0.4) is 0 Å². The van der Waals surface area contributed by atoms with Gasteiger partial charge in [-0.1, -0.05) is 26.0 Å². The second-order valence-electron chi connectivity index (χ2n) is 5.80. The molecule has 0 fully saturated rings. The Morgan fingerprint density at radius 2 is 1.96 bits per heavy atom. The summed E-state index contributed by atoms with van der Waals surface area (Å²) >= 11 is 1.49. The minimum Gasteiger partial charge on any atom is -0.485 e. The van der Waals surface area contributed by atoms with E-state index >= 15 is 0 Å². The first-order chi connectivity index (χ1) is 12.0. The molecule has 0 aliphatic rings. The Hall–Kier alpha value is -1.87. The summed E-state index contributed by atoms with van der Waals surface area (Å²) in [7, 11) is 0. The fourth-order valence-corrected chi connectivity index (χ4v) is 2.48. The Kier molecular flexibility index (Phi) is 11.6. The van der Waals surface area contributed by atoms with Gasteiger partial charge in [-0.2, -0.15) is 0 Å². The number of amides is 2. The molecule has 1 aromatic carbocycles. The van der Waals surface area contributed by atoms with E-state index in [1.165, 1.54) is 11.3 Å². The van der Waals surface area contributed by atoms with E-state index in [-0.39, 0.29) is 49.1 Å². The molecule has 1 aromatic heterocycles. The molecule has 4 N–H and O–H groups in total. The molecule has 2 aromatic rings. The normalized spacial score (nSPS) is 11.0. The number of nitrogens with zero attached hydrogens (tertiary/aromatic N) is 1. The number of nitrogens with two attached hydrogens (primary N) is 1. The number of carbonyl (C=O) groups excluding carboxylic acids is 2. The van der Waals surface area contributed by atoms with Crippen LogP contribution in [-0.2, 0) is 16.2 Å². The zero-order valence-corrected chi connectivity index (χ0v) is 17.5. The minimum atomic E-state index is -0.637. The molecule has 2 rings (SSSR count). The molecular weight excluding hydrogens is 411 g/mol. The third-order valence-corrected chi connectivity index (χ3v) is 4.10. The number of para-hydroxylation sites is 2. The first kappa shape index (κ1) is 25.1. The number of halogens is 2. The predicted octanol–water partition coefficient (Wildman–Crippen LogP) is 2.60. The summed E-state index contributed by atoms with van der Waals surface area (Å²) < 4.78 is 5.70. The van der Waals surface area contributed by atoms with Gasteiger partial charge in [-0.05, 0) is 18.1 Å². The molecule has 0 saturated heterocycles. The number of ether oxygens (including phenoxy) is 1. The van der Waals surface area contributed by atoms with E-state index in [4.69, 9.17) is 10.5 Å². The summed E-state index contributed by atoms with van der Waals surface area (Å²) in [6, 6.07) is 6.46. The van der Waals surface area contributed by atoms with Crippen LogP contribution in [0.25, 0.3) is 0 Å². The summed E-state index contributed by atoms with van der Waals surface area (Å²) in [5.74, 6) is -0.163. The van der Waals surface area contributed by atoms with Gasteiger partial charge in [0.1, 0.15) is 12.4 Å². The molecule has 27 heavy (non-hydrogen) atoms. The van der Waals surface area contributed by atoms with Crippen LogP contribution >= 0.6 is 36.2 Å². The Labute approximate surface area is 174 Å². The minimum absolute atomic E-state index is 0. The highest BCUT2D eigenvalue weighted by Crippen LogP contribution is 2.24. The lowest BCUT2D eigenvalue weighted by atomic mass is 10.1. The standard InChI is InChI=1S/C17H22N4O3S.2ClH/c1-11(2)16(18)17(23)19-7-15(22)21-13-5-3-4-6-14(13)24-8-12-9-25-10-20-12;;/h3-6,9-11,16H,7-8,18H2,1-2H3,(H,19,23)(H,21,22);2*1H/t16-;;/m0../s1. The lowest BCUT2D eigenvalue weighted by Gasteiger charge is -2.16. The van der Waals surface area contributed by atoms with Gasteiger partial charge in [-0.25, -0.2) is 4.98 Å². The van der Waals surface area contributed by atoms with Crippen molar-refractivity contribution in [3.8, 4) is 5.75 Å². The number of rotatable bonds is 8. The molecule has 0 saturated carbocycles. The lowest BCUT2D eigenvalue weighted by molar-refractivity contribution is -0.125. The Bertz CT molecular complexity index is 714. The smallest absolute Gasteiger partial charge is 0.243 e. The molecule has 10 heteroatoms.